The number of hydrogen-bond acceptors (Lipinski definition) is 3. The quantitative estimate of drug-likeness (QED) is 0.629. The minimum atomic E-state index is 0.0555. The lowest BCUT2D eigenvalue weighted by Gasteiger charge is -2.21. The molecule has 1 fully saturated rings. The molecule has 0 spiro atoms. The van der Waals surface area contributed by atoms with Crippen molar-refractivity contribution >= 4 is 34.2 Å². The molecule has 1 heterocycles. The van der Waals surface area contributed by atoms with Gasteiger partial charge in [-0.05, 0) is 5.41 Å². The van der Waals surface area contributed by atoms with Crippen LogP contribution in [0.15, 0.2) is 0 Å². The third-order valence-electron chi connectivity index (χ3n) is 1.74. The first-order chi connectivity index (χ1) is 5.90. The predicted molar refractivity (Wildman–Crippen MR) is 60.8 cm³/mol. The van der Waals surface area contributed by atoms with Gasteiger partial charge in [-0.1, -0.05) is 44.8 Å². The Bertz CT molecular complexity index is 232. The minimum absolute atomic E-state index is 0.0555. The van der Waals surface area contributed by atoms with E-state index in [1.54, 1.807) is 16.7 Å². The molecular weight excluding hydrogens is 202 g/mol. The Kier molecular flexibility index (Phi) is 3.35. The van der Waals surface area contributed by atoms with Crippen LogP contribution in [0.5, 0.6) is 0 Å². The van der Waals surface area contributed by atoms with Crippen molar-refractivity contribution in [1.82, 2.24) is 4.90 Å². The van der Waals surface area contributed by atoms with Crippen LogP contribution in [0.4, 0.5) is 0 Å². The van der Waals surface area contributed by atoms with Crippen LogP contribution >= 0.6 is 24.0 Å². The van der Waals surface area contributed by atoms with Crippen LogP contribution in [-0.4, -0.2) is 27.4 Å². The molecule has 0 unspecified atom stereocenters. The first-order valence-corrected chi connectivity index (χ1v) is 5.77. The summed E-state index contributed by atoms with van der Waals surface area (Å²) in [5.74, 6) is 1.12. The van der Waals surface area contributed by atoms with Crippen LogP contribution in [0.2, 0.25) is 0 Å². The molecule has 4 heteroatoms. The van der Waals surface area contributed by atoms with Crippen LogP contribution in [0.25, 0.3) is 0 Å². The van der Waals surface area contributed by atoms with Gasteiger partial charge in [-0.25, -0.2) is 0 Å². The summed E-state index contributed by atoms with van der Waals surface area (Å²) in [6, 6.07) is 0. The van der Waals surface area contributed by atoms with Crippen molar-refractivity contribution in [3.8, 4) is 0 Å². The Morgan fingerprint density at radius 3 is 2.62 bits per heavy atom. The highest BCUT2D eigenvalue weighted by molar-refractivity contribution is 8.23. The highest BCUT2D eigenvalue weighted by Gasteiger charge is 2.27. The molecule has 0 aromatic rings. The fraction of sp³-hybridized carbons (Fsp3) is 0.778. The topological polar surface area (TPSA) is 20.3 Å². The van der Waals surface area contributed by atoms with Gasteiger partial charge in [-0.2, -0.15) is 0 Å². The van der Waals surface area contributed by atoms with E-state index in [2.05, 4.69) is 20.8 Å². The number of rotatable bonds is 1. The maximum atomic E-state index is 11.7. The van der Waals surface area contributed by atoms with Crippen LogP contribution in [0.1, 0.15) is 27.2 Å². The predicted octanol–water partition coefficient (Wildman–Crippen LogP) is 2.28. The maximum Gasteiger partial charge on any atom is 0.228 e. The number of carbonyl (C=O) groups is 1. The molecule has 0 radical (unpaired) electrons. The Balaban J connectivity index is 2.53. The molecule has 0 aromatic heterocycles. The van der Waals surface area contributed by atoms with E-state index in [0.717, 1.165) is 16.6 Å². The van der Waals surface area contributed by atoms with Crippen LogP contribution in [0, 0.1) is 5.41 Å². The number of nitrogens with zero attached hydrogens (tertiary/aromatic N) is 1. The van der Waals surface area contributed by atoms with Crippen molar-refractivity contribution in [2.45, 2.75) is 27.2 Å². The number of thiocarbonyl (C=S) groups is 1. The van der Waals surface area contributed by atoms with Gasteiger partial charge in [0, 0.05) is 18.7 Å². The first-order valence-electron chi connectivity index (χ1n) is 4.37. The molecule has 1 amide bonds. The Morgan fingerprint density at radius 2 is 2.23 bits per heavy atom. The number of thioether (sulfide) groups is 1. The van der Waals surface area contributed by atoms with Gasteiger partial charge in [0.05, 0.1) is 0 Å². The first kappa shape index (κ1) is 11.0. The van der Waals surface area contributed by atoms with Gasteiger partial charge >= 0.3 is 0 Å². The molecule has 0 saturated carbocycles. The molecule has 0 bridgehead atoms. The van der Waals surface area contributed by atoms with Crippen molar-refractivity contribution < 1.29 is 4.79 Å². The summed E-state index contributed by atoms with van der Waals surface area (Å²) in [5.41, 5.74) is 0.0555. The molecule has 2 nitrogen and oxygen atoms in total. The highest BCUT2D eigenvalue weighted by Crippen LogP contribution is 2.24. The molecule has 1 saturated heterocycles. The molecule has 1 rings (SSSR count). The van der Waals surface area contributed by atoms with E-state index >= 15 is 0 Å². The molecule has 0 aliphatic carbocycles. The van der Waals surface area contributed by atoms with Crippen molar-refractivity contribution in [3.05, 3.63) is 0 Å². The summed E-state index contributed by atoms with van der Waals surface area (Å²) in [6.45, 7) is 6.99. The van der Waals surface area contributed by atoms with Gasteiger partial charge in [0.15, 0.2) is 0 Å². The Hall–Kier alpha value is -0.0900. The summed E-state index contributed by atoms with van der Waals surface area (Å²) >= 11 is 6.67. The summed E-state index contributed by atoms with van der Waals surface area (Å²) in [6.07, 6.45) is 0.577. The fourth-order valence-corrected chi connectivity index (χ4v) is 2.41. The third-order valence-corrected chi connectivity index (χ3v) is 3.17. The molecule has 0 aromatic carbocycles. The van der Waals surface area contributed by atoms with E-state index in [0.29, 0.717) is 6.42 Å². The van der Waals surface area contributed by atoms with Gasteiger partial charge in [0.2, 0.25) is 5.91 Å². The van der Waals surface area contributed by atoms with Crippen molar-refractivity contribution in [1.29, 1.82) is 0 Å². The normalized spacial score (nSPS) is 18.1. The Labute approximate surface area is 89.1 Å². The average Bonchev–Trinajstić information content (AvgIpc) is 2.30. The number of carbonyl (C=O) groups excluding carboxylic acids is 1. The maximum absolute atomic E-state index is 11.7. The van der Waals surface area contributed by atoms with Gasteiger partial charge in [0.1, 0.15) is 4.32 Å². The fourth-order valence-electron chi connectivity index (χ4n) is 1.17. The number of amides is 1. The van der Waals surface area contributed by atoms with Gasteiger partial charge in [-0.15, -0.1) is 0 Å². The molecular formula is C9H15NOS2. The lowest BCUT2D eigenvalue weighted by molar-refractivity contribution is -0.128. The molecule has 0 atom stereocenters. The molecule has 0 N–H and O–H groups in total. The highest BCUT2D eigenvalue weighted by atomic mass is 32.2. The molecule has 1 aliphatic heterocycles. The van der Waals surface area contributed by atoms with Gasteiger partial charge in [0.25, 0.3) is 0 Å². The minimum Gasteiger partial charge on any atom is -0.297 e. The standard InChI is InChI=1S/C9H15NOS2/c1-9(2,3)6-7(11)10-4-5-13-8(10)12/h4-6H2,1-3H3. The van der Waals surface area contributed by atoms with E-state index in [-0.39, 0.29) is 11.3 Å². The second kappa shape index (κ2) is 3.96. The molecule has 74 valence electrons. The summed E-state index contributed by atoms with van der Waals surface area (Å²) < 4.78 is 0.745. The van der Waals surface area contributed by atoms with Gasteiger partial charge in [-0.3, -0.25) is 9.69 Å². The molecule has 13 heavy (non-hydrogen) atoms. The van der Waals surface area contributed by atoms with Crippen molar-refractivity contribution in [2.75, 3.05) is 12.3 Å². The van der Waals surface area contributed by atoms with E-state index in [1.165, 1.54) is 0 Å². The van der Waals surface area contributed by atoms with Crippen LogP contribution < -0.4 is 0 Å². The second-order valence-electron chi connectivity index (χ2n) is 4.40. The zero-order chi connectivity index (χ0) is 10.1. The monoisotopic (exact) mass is 217 g/mol. The number of hydrogen-bond donors (Lipinski definition) is 0. The zero-order valence-electron chi connectivity index (χ0n) is 8.29. The largest absolute Gasteiger partial charge is 0.297 e. The smallest absolute Gasteiger partial charge is 0.228 e. The summed E-state index contributed by atoms with van der Waals surface area (Å²) in [4.78, 5) is 13.4. The lowest BCUT2D eigenvalue weighted by Crippen LogP contribution is -2.33. The molecule has 1 aliphatic rings. The van der Waals surface area contributed by atoms with Crippen LogP contribution in [-0.2, 0) is 4.79 Å². The van der Waals surface area contributed by atoms with E-state index in [4.69, 9.17) is 12.2 Å². The average molecular weight is 217 g/mol. The second-order valence-corrected chi connectivity index (χ2v) is 6.13. The van der Waals surface area contributed by atoms with Crippen LogP contribution in [0.3, 0.4) is 0 Å². The SMILES string of the molecule is CC(C)(C)CC(=O)N1CCSC1=S. The lowest BCUT2D eigenvalue weighted by atomic mass is 9.92. The van der Waals surface area contributed by atoms with E-state index in [1.807, 2.05) is 0 Å². The van der Waals surface area contributed by atoms with E-state index in [9.17, 15) is 4.79 Å². The van der Waals surface area contributed by atoms with Crippen molar-refractivity contribution in [3.63, 3.8) is 0 Å². The Morgan fingerprint density at radius 1 is 1.62 bits per heavy atom. The third kappa shape index (κ3) is 3.27. The van der Waals surface area contributed by atoms with Crippen molar-refractivity contribution in [2.24, 2.45) is 5.41 Å². The zero-order valence-corrected chi connectivity index (χ0v) is 9.93. The van der Waals surface area contributed by atoms with Gasteiger partial charge < -0.3 is 0 Å². The summed E-state index contributed by atoms with van der Waals surface area (Å²) in [5, 5.41) is 0. The summed E-state index contributed by atoms with van der Waals surface area (Å²) in [7, 11) is 0. The van der Waals surface area contributed by atoms with E-state index < -0.39 is 0 Å².